The highest BCUT2D eigenvalue weighted by molar-refractivity contribution is 7.92. The molecule has 2 rings (SSSR count). The molecule has 2 N–H and O–H groups in total. The largest absolute Gasteiger partial charge is 0.507 e. The Kier molecular flexibility index (Phi) is 2.47. The predicted octanol–water partition coefficient (Wildman–Crippen LogP) is 1.92. The second-order valence-corrected chi connectivity index (χ2v) is 5.30. The van der Waals surface area contributed by atoms with Gasteiger partial charge in [-0.3, -0.25) is 4.72 Å². The third-order valence-electron chi connectivity index (χ3n) is 2.19. The van der Waals surface area contributed by atoms with Gasteiger partial charge in [0.2, 0.25) is 10.0 Å². The van der Waals surface area contributed by atoms with E-state index in [1.165, 1.54) is 0 Å². The average Bonchev–Trinajstić information content (AvgIpc) is 2.17. The van der Waals surface area contributed by atoms with Crippen LogP contribution in [0.5, 0.6) is 5.75 Å². The zero-order valence-corrected chi connectivity index (χ0v) is 9.45. The lowest BCUT2D eigenvalue weighted by Gasteiger charge is -2.08. The maximum Gasteiger partial charge on any atom is 0.229 e. The van der Waals surface area contributed by atoms with E-state index in [9.17, 15) is 13.5 Å². The zero-order valence-electron chi connectivity index (χ0n) is 8.64. The zero-order chi connectivity index (χ0) is 11.8. The van der Waals surface area contributed by atoms with Gasteiger partial charge in [0, 0.05) is 10.8 Å². The minimum absolute atomic E-state index is 0.134. The first-order valence-electron chi connectivity index (χ1n) is 4.66. The topological polar surface area (TPSA) is 66.4 Å². The molecule has 0 spiro atoms. The molecule has 0 radical (unpaired) electrons. The van der Waals surface area contributed by atoms with Gasteiger partial charge in [-0.25, -0.2) is 8.42 Å². The molecule has 0 atom stereocenters. The number of aromatic hydroxyl groups is 1. The fourth-order valence-corrected chi connectivity index (χ4v) is 2.16. The summed E-state index contributed by atoms with van der Waals surface area (Å²) in [7, 11) is -3.31. The summed E-state index contributed by atoms with van der Waals surface area (Å²) in [6, 6.07) is 10.1. The summed E-state index contributed by atoms with van der Waals surface area (Å²) in [6.45, 7) is 0. The molecule has 0 aromatic heterocycles. The summed E-state index contributed by atoms with van der Waals surface area (Å²) in [4.78, 5) is 0. The number of sulfonamides is 1. The summed E-state index contributed by atoms with van der Waals surface area (Å²) < 4.78 is 24.7. The van der Waals surface area contributed by atoms with Gasteiger partial charge in [-0.1, -0.05) is 24.3 Å². The van der Waals surface area contributed by atoms with E-state index in [1.54, 1.807) is 36.4 Å². The molecular formula is C11H11NO3S. The Morgan fingerprint density at radius 2 is 1.69 bits per heavy atom. The van der Waals surface area contributed by atoms with Crippen molar-refractivity contribution in [2.75, 3.05) is 11.0 Å². The molecule has 0 fully saturated rings. The molecule has 84 valence electrons. The van der Waals surface area contributed by atoms with Crippen LogP contribution in [0, 0.1) is 0 Å². The fourth-order valence-electron chi connectivity index (χ4n) is 1.58. The van der Waals surface area contributed by atoms with E-state index >= 15 is 0 Å². The maximum atomic E-state index is 11.2. The Balaban J connectivity index is 2.67. The van der Waals surface area contributed by atoms with E-state index in [0.717, 1.165) is 6.26 Å². The Hall–Kier alpha value is -1.75. The van der Waals surface area contributed by atoms with Crippen LogP contribution in [0.1, 0.15) is 0 Å². The van der Waals surface area contributed by atoms with Gasteiger partial charge in [0.25, 0.3) is 0 Å². The highest BCUT2D eigenvalue weighted by Gasteiger charge is 2.07. The van der Waals surface area contributed by atoms with Crippen LogP contribution >= 0.6 is 0 Å². The molecule has 2 aromatic rings. The van der Waals surface area contributed by atoms with Crippen molar-refractivity contribution in [1.29, 1.82) is 0 Å². The smallest absolute Gasteiger partial charge is 0.229 e. The Morgan fingerprint density at radius 1 is 1.06 bits per heavy atom. The number of hydrogen-bond donors (Lipinski definition) is 2. The van der Waals surface area contributed by atoms with Crippen LogP contribution in [0.4, 0.5) is 5.69 Å². The average molecular weight is 237 g/mol. The van der Waals surface area contributed by atoms with E-state index in [4.69, 9.17) is 0 Å². The number of benzene rings is 2. The first-order valence-corrected chi connectivity index (χ1v) is 6.55. The molecule has 0 aliphatic rings. The second kappa shape index (κ2) is 3.68. The van der Waals surface area contributed by atoms with Gasteiger partial charge in [0.05, 0.1) is 11.9 Å². The quantitative estimate of drug-likeness (QED) is 0.838. The number of phenolic OH excluding ortho intramolecular Hbond substituents is 1. The first kappa shape index (κ1) is 10.8. The molecule has 0 unspecified atom stereocenters. The third kappa shape index (κ3) is 2.09. The van der Waals surface area contributed by atoms with Crippen LogP contribution in [0.2, 0.25) is 0 Å². The molecule has 2 aromatic carbocycles. The number of rotatable bonds is 2. The van der Waals surface area contributed by atoms with Crippen LogP contribution < -0.4 is 4.72 Å². The van der Waals surface area contributed by atoms with Gasteiger partial charge >= 0.3 is 0 Å². The predicted molar refractivity (Wildman–Crippen MR) is 64.1 cm³/mol. The van der Waals surface area contributed by atoms with Crippen molar-refractivity contribution in [2.45, 2.75) is 0 Å². The van der Waals surface area contributed by atoms with Gasteiger partial charge < -0.3 is 5.11 Å². The van der Waals surface area contributed by atoms with Gasteiger partial charge in [-0.05, 0) is 12.1 Å². The molecule has 0 aliphatic heterocycles. The number of phenols is 1. The van der Waals surface area contributed by atoms with E-state index in [1.807, 2.05) is 0 Å². The third-order valence-corrected chi connectivity index (χ3v) is 2.79. The van der Waals surface area contributed by atoms with Crippen LogP contribution in [0.15, 0.2) is 36.4 Å². The van der Waals surface area contributed by atoms with Gasteiger partial charge in [-0.15, -0.1) is 0 Å². The molecule has 4 nitrogen and oxygen atoms in total. The van der Waals surface area contributed by atoms with Gasteiger partial charge in [0.15, 0.2) is 0 Å². The summed E-state index contributed by atoms with van der Waals surface area (Å²) in [5, 5.41) is 10.9. The van der Waals surface area contributed by atoms with Gasteiger partial charge in [0.1, 0.15) is 5.75 Å². The molecule has 5 heteroatoms. The Bertz CT molecular complexity index is 635. The number of hydrogen-bond acceptors (Lipinski definition) is 3. The second-order valence-electron chi connectivity index (χ2n) is 3.55. The molecule has 0 saturated heterocycles. The first-order chi connectivity index (χ1) is 7.47. The van der Waals surface area contributed by atoms with Crippen LogP contribution in [-0.2, 0) is 10.0 Å². The van der Waals surface area contributed by atoms with Crippen molar-refractivity contribution in [3.63, 3.8) is 0 Å². The van der Waals surface area contributed by atoms with E-state index in [-0.39, 0.29) is 5.75 Å². The molecule has 0 heterocycles. The lowest BCUT2D eigenvalue weighted by molar-refractivity contribution is 0.481. The number of fused-ring (bicyclic) bond motifs is 1. The minimum Gasteiger partial charge on any atom is -0.507 e. The van der Waals surface area contributed by atoms with Gasteiger partial charge in [-0.2, -0.15) is 0 Å². The van der Waals surface area contributed by atoms with Crippen LogP contribution in [0.25, 0.3) is 10.8 Å². The fraction of sp³-hybridized carbons (Fsp3) is 0.0909. The number of anilines is 1. The van der Waals surface area contributed by atoms with Crippen LogP contribution in [-0.4, -0.2) is 19.8 Å². The summed E-state index contributed by atoms with van der Waals surface area (Å²) in [6.07, 6.45) is 1.09. The molecule has 0 bridgehead atoms. The summed E-state index contributed by atoms with van der Waals surface area (Å²) in [5.74, 6) is 0.134. The maximum absolute atomic E-state index is 11.2. The normalized spacial score (nSPS) is 11.6. The SMILES string of the molecule is CS(=O)(=O)Nc1cccc2c(O)cccc12. The molecular weight excluding hydrogens is 226 g/mol. The van der Waals surface area contributed by atoms with Crippen molar-refractivity contribution in [2.24, 2.45) is 0 Å². The molecule has 0 saturated carbocycles. The van der Waals surface area contributed by atoms with Crippen molar-refractivity contribution >= 4 is 26.5 Å². The summed E-state index contributed by atoms with van der Waals surface area (Å²) in [5.41, 5.74) is 0.468. The lowest BCUT2D eigenvalue weighted by Crippen LogP contribution is -2.09. The molecule has 0 aliphatic carbocycles. The lowest BCUT2D eigenvalue weighted by atomic mass is 10.1. The molecule has 0 amide bonds. The highest BCUT2D eigenvalue weighted by Crippen LogP contribution is 2.29. The van der Waals surface area contributed by atoms with Crippen molar-refractivity contribution in [1.82, 2.24) is 0 Å². The van der Waals surface area contributed by atoms with Crippen molar-refractivity contribution in [3.8, 4) is 5.75 Å². The minimum atomic E-state index is -3.31. The number of nitrogens with one attached hydrogen (secondary N) is 1. The van der Waals surface area contributed by atoms with E-state index in [2.05, 4.69) is 4.72 Å². The van der Waals surface area contributed by atoms with E-state index in [0.29, 0.717) is 16.5 Å². The van der Waals surface area contributed by atoms with Crippen molar-refractivity contribution in [3.05, 3.63) is 36.4 Å². The van der Waals surface area contributed by atoms with E-state index < -0.39 is 10.0 Å². The van der Waals surface area contributed by atoms with Crippen molar-refractivity contribution < 1.29 is 13.5 Å². The standard InChI is InChI=1S/C11H11NO3S/c1-16(14,15)12-10-6-2-5-9-8(10)4-3-7-11(9)13/h2-7,12-13H,1H3. The summed E-state index contributed by atoms with van der Waals surface area (Å²) >= 11 is 0. The Labute approximate surface area is 93.6 Å². The highest BCUT2D eigenvalue weighted by atomic mass is 32.2. The molecule has 16 heavy (non-hydrogen) atoms. The monoisotopic (exact) mass is 237 g/mol. The Morgan fingerprint density at radius 3 is 2.38 bits per heavy atom. The van der Waals surface area contributed by atoms with Crippen LogP contribution in [0.3, 0.4) is 0 Å².